The number of nitrogens with two attached hydrogens (primary N) is 1. The molecule has 0 aromatic carbocycles. The van der Waals surface area contributed by atoms with Crippen molar-refractivity contribution in [3.63, 3.8) is 0 Å². The van der Waals surface area contributed by atoms with E-state index in [1.54, 1.807) is 0 Å². The van der Waals surface area contributed by atoms with Crippen LogP contribution in [0.1, 0.15) is 65.2 Å². The van der Waals surface area contributed by atoms with Crippen LogP contribution in [-0.2, 0) is 0 Å². The van der Waals surface area contributed by atoms with Gasteiger partial charge < -0.3 is 5.73 Å². The van der Waals surface area contributed by atoms with Crippen LogP contribution < -0.4 is 5.73 Å². The van der Waals surface area contributed by atoms with E-state index < -0.39 is 0 Å². The highest BCUT2D eigenvalue weighted by atomic mass is 15.2. The molecule has 0 unspecified atom stereocenters. The molecule has 2 heteroatoms. The molecule has 106 valence electrons. The molecule has 0 saturated heterocycles. The summed E-state index contributed by atoms with van der Waals surface area (Å²) in [6, 6.07) is 0. The molecule has 2 saturated carbocycles. The van der Waals surface area contributed by atoms with Crippen LogP contribution in [0.3, 0.4) is 0 Å². The van der Waals surface area contributed by atoms with E-state index in [0.717, 1.165) is 18.4 Å². The lowest BCUT2D eigenvalue weighted by Crippen LogP contribution is -2.56. The molecule has 18 heavy (non-hydrogen) atoms. The van der Waals surface area contributed by atoms with Gasteiger partial charge in [-0.05, 0) is 63.3 Å². The van der Waals surface area contributed by atoms with Crippen molar-refractivity contribution in [2.75, 3.05) is 19.6 Å². The molecule has 0 amide bonds. The molecule has 0 radical (unpaired) electrons. The Morgan fingerprint density at radius 1 is 1.06 bits per heavy atom. The van der Waals surface area contributed by atoms with Crippen molar-refractivity contribution in [3.8, 4) is 0 Å². The van der Waals surface area contributed by atoms with Gasteiger partial charge in [0.15, 0.2) is 0 Å². The molecule has 2 rings (SSSR count). The predicted octanol–water partition coefficient (Wildman–Crippen LogP) is 3.41. The van der Waals surface area contributed by atoms with E-state index in [1.165, 1.54) is 64.5 Å². The van der Waals surface area contributed by atoms with Gasteiger partial charge >= 0.3 is 0 Å². The van der Waals surface area contributed by atoms with E-state index in [1.807, 2.05) is 0 Å². The molecule has 0 aliphatic heterocycles. The normalized spacial score (nSPS) is 33.0. The van der Waals surface area contributed by atoms with E-state index in [9.17, 15) is 0 Å². The fourth-order valence-electron chi connectivity index (χ4n) is 3.68. The van der Waals surface area contributed by atoms with Gasteiger partial charge in [0.05, 0.1) is 0 Å². The quantitative estimate of drug-likeness (QED) is 0.752. The minimum atomic E-state index is 0.351. The number of hydrogen-bond donors (Lipinski definition) is 1. The molecule has 2 nitrogen and oxygen atoms in total. The van der Waals surface area contributed by atoms with Gasteiger partial charge in [0, 0.05) is 18.6 Å². The van der Waals surface area contributed by atoms with E-state index in [0.29, 0.717) is 5.54 Å². The molecule has 2 aliphatic rings. The topological polar surface area (TPSA) is 29.3 Å². The van der Waals surface area contributed by atoms with Crippen LogP contribution in [0.25, 0.3) is 0 Å². The van der Waals surface area contributed by atoms with Crippen molar-refractivity contribution in [3.05, 3.63) is 0 Å². The Balaban J connectivity index is 1.98. The molecule has 2 fully saturated rings. The first-order valence-electron chi connectivity index (χ1n) is 8.19. The van der Waals surface area contributed by atoms with Gasteiger partial charge in [-0.15, -0.1) is 0 Å². The summed E-state index contributed by atoms with van der Waals surface area (Å²) in [5, 5.41) is 0. The van der Waals surface area contributed by atoms with Crippen molar-refractivity contribution in [2.24, 2.45) is 17.6 Å². The molecule has 0 spiro atoms. The fourth-order valence-corrected chi connectivity index (χ4v) is 3.68. The zero-order chi connectivity index (χ0) is 13.0. The molecule has 0 atom stereocenters. The molecule has 0 aromatic heterocycles. The van der Waals surface area contributed by atoms with Gasteiger partial charge in [0.25, 0.3) is 0 Å². The van der Waals surface area contributed by atoms with E-state index in [4.69, 9.17) is 5.73 Å². The van der Waals surface area contributed by atoms with Crippen LogP contribution in [-0.4, -0.2) is 30.1 Å². The third-order valence-corrected chi connectivity index (χ3v) is 5.33. The smallest absolute Gasteiger partial charge is 0.0332 e. The predicted molar refractivity (Wildman–Crippen MR) is 78.6 cm³/mol. The maximum absolute atomic E-state index is 6.21. The number of rotatable bonds is 7. The van der Waals surface area contributed by atoms with Crippen LogP contribution in [0.2, 0.25) is 0 Å². The molecule has 0 aromatic rings. The van der Waals surface area contributed by atoms with Crippen LogP contribution in [0.4, 0.5) is 0 Å². The zero-order valence-electron chi connectivity index (χ0n) is 12.5. The lowest BCUT2D eigenvalue weighted by Gasteiger charge is -2.48. The lowest BCUT2D eigenvalue weighted by molar-refractivity contribution is 0.0375. The third-order valence-electron chi connectivity index (χ3n) is 5.33. The summed E-state index contributed by atoms with van der Waals surface area (Å²) in [4.78, 5) is 2.77. The largest absolute Gasteiger partial charge is 0.329 e. The van der Waals surface area contributed by atoms with Crippen LogP contribution in [0.15, 0.2) is 0 Å². The first-order valence-corrected chi connectivity index (χ1v) is 8.19. The van der Waals surface area contributed by atoms with Gasteiger partial charge in [0.1, 0.15) is 0 Å². The Hall–Kier alpha value is -0.0800. The molecule has 0 heterocycles. The third kappa shape index (κ3) is 3.27. The average molecular weight is 252 g/mol. The summed E-state index contributed by atoms with van der Waals surface area (Å²) < 4.78 is 0. The summed E-state index contributed by atoms with van der Waals surface area (Å²) >= 11 is 0. The second-order valence-corrected chi connectivity index (χ2v) is 6.67. The lowest BCUT2D eigenvalue weighted by atomic mass is 9.74. The Morgan fingerprint density at radius 3 is 2.17 bits per heavy atom. The van der Waals surface area contributed by atoms with Gasteiger partial charge in [-0.25, -0.2) is 0 Å². The Kier molecular flexibility index (Phi) is 5.08. The first-order chi connectivity index (χ1) is 8.74. The summed E-state index contributed by atoms with van der Waals surface area (Å²) in [6.45, 7) is 8.10. The van der Waals surface area contributed by atoms with Gasteiger partial charge in [-0.3, -0.25) is 4.90 Å². The van der Waals surface area contributed by atoms with Crippen molar-refractivity contribution in [2.45, 2.75) is 70.8 Å². The Morgan fingerprint density at radius 2 is 1.72 bits per heavy atom. The SMILES string of the molecule is CCCN(CC1CC1)C1(CN)CCC(CC)CC1. The van der Waals surface area contributed by atoms with Gasteiger partial charge in [0.2, 0.25) is 0 Å². The number of hydrogen-bond acceptors (Lipinski definition) is 2. The first kappa shape index (κ1) is 14.3. The molecule has 0 bridgehead atoms. The number of nitrogens with zero attached hydrogens (tertiary/aromatic N) is 1. The highest BCUT2D eigenvalue weighted by molar-refractivity contribution is 4.97. The van der Waals surface area contributed by atoms with Crippen LogP contribution in [0.5, 0.6) is 0 Å². The summed E-state index contributed by atoms with van der Waals surface area (Å²) in [5.41, 5.74) is 6.56. The minimum Gasteiger partial charge on any atom is -0.329 e. The highest BCUT2D eigenvalue weighted by Gasteiger charge is 2.40. The molecular weight excluding hydrogens is 220 g/mol. The second kappa shape index (κ2) is 6.38. The molecular formula is C16H32N2. The van der Waals surface area contributed by atoms with Crippen molar-refractivity contribution < 1.29 is 0 Å². The van der Waals surface area contributed by atoms with Gasteiger partial charge in [-0.2, -0.15) is 0 Å². The summed E-state index contributed by atoms with van der Waals surface area (Å²) in [7, 11) is 0. The monoisotopic (exact) mass is 252 g/mol. The van der Waals surface area contributed by atoms with Crippen LogP contribution >= 0.6 is 0 Å². The van der Waals surface area contributed by atoms with Crippen LogP contribution in [0, 0.1) is 11.8 Å². The van der Waals surface area contributed by atoms with E-state index in [-0.39, 0.29) is 0 Å². The molecule has 2 N–H and O–H groups in total. The van der Waals surface area contributed by atoms with Crippen molar-refractivity contribution >= 4 is 0 Å². The zero-order valence-corrected chi connectivity index (χ0v) is 12.5. The maximum Gasteiger partial charge on any atom is 0.0332 e. The summed E-state index contributed by atoms with van der Waals surface area (Å²) in [6.07, 6.45) is 11.0. The van der Waals surface area contributed by atoms with Gasteiger partial charge in [-0.1, -0.05) is 20.3 Å². The summed E-state index contributed by atoms with van der Waals surface area (Å²) in [5.74, 6) is 1.96. The molecule has 2 aliphatic carbocycles. The highest BCUT2D eigenvalue weighted by Crippen LogP contribution is 2.40. The fraction of sp³-hybridized carbons (Fsp3) is 1.00. The maximum atomic E-state index is 6.21. The second-order valence-electron chi connectivity index (χ2n) is 6.67. The van der Waals surface area contributed by atoms with E-state index >= 15 is 0 Å². The van der Waals surface area contributed by atoms with Crippen molar-refractivity contribution in [1.29, 1.82) is 0 Å². The standard InChI is InChI=1S/C16H32N2/c1-3-11-18(12-15-5-6-15)16(13-17)9-7-14(4-2)8-10-16/h14-15H,3-13,17H2,1-2H3. The minimum absolute atomic E-state index is 0.351. The Labute approximate surface area is 113 Å². The van der Waals surface area contributed by atoms with E-state index in [2.05, 4.69) is 18.7 Å². The Bertz CT molecular complexity index is 239. The van der Waals surface area contributed by atoms with Crippen molar-refractivity contribution in [1.82, 2.24) is 4.90 Å². The average Bonchev–Trinajstić information content (AvgIpc) is 3.22.